The molecule has 3 aromatic heterocycles. The van der Waals surface area contributed by atoms with Crippen LogP contribution in [0.2, 0.25) is 5.02 Å². The molecular formula is C21H19ClN4O2S2. The summed E-state index contributed by atoms with van der Waals surface area (Å²) in [6, 6.07) is 12.7. The summed E-state index contributed by atoms with van der Waals surface area (Å²) in [5, 5.41) is 12.7. The molecule has 154 valence electrons. The summed E-state index contributed by atoms with van der Waals surface area (Å²) in [6.45, 7) is 5.29. The Morgan fingerprint density at radius 2 is 1.97 bits per heavy atom. The van der Waals surface area contributed by atoms with Gasteiger partial charge in [0.25, 0.3) is 5.91 Å². The summed E-state index contributed by atoms with van der Waals surface area (Å²) in [7, 11) is 0. The Morgan fingerprint density at radius 1 is 1.20 bits per heavy atom. The molecule has 6 nitrogen and oxygen atoms in total. The third-order valence-electron chi connectivity index (χ3n) is 4.25. The van der Waals surface area contributed by atoms with Crippen molar-refractivity contribution in [3.05, 3.63) is 63.9 Å². The van der Waals surface area contributed by atoms with Crippen LogP contribution in [0.15, 0.2) is 53.2 Å². The molecule has 0 saturated carbocycles. The molecule has 4 aromatic rings. The summed E-state index contributed by atoms with van der Waals surface area (Å²) in [5.74, 6) is 0.802. The Labute approximate surface area is 187 Å². The van der Waals surface area contributed by atoms with Crippen molar-refractivity contribution in [2.24, 2.45) is 0 Å². The number of hydrogen-bond acceptors (Lipinski definition) is 6. The van der Waals surface area contributed by atoms with E-state index in [1.165, 1.54) is 11.3 Å². The molecule has 0 atom stereocenters. The lowest BCUT2D eigenvalue weighted by molar-refractivity contribution is -0.128. The number of carbonyl (C=O) groups excluding carboxylic acids is 1. The number of nitrogens with zero attached hydrogens (tertiary/aromatic N) is 3. The summed E-state index contributed by atoms with van der Waals surface area (Å²) >= 11 is 9.01. The highest BCUT2D eigenvalue weighted by Crippen LogP contribution is 2.29. The van der Waals surface area contributed by atoms with E-state index in [4.69, 9.17) is 16.3 Å². The molecule has 0 spiro atoms. The Hall–Kier alpha value is -2.68. The van der Waals surface area contributed by atoms with Crippen LogP contribution in [0.5, 0.6) is 5.75 Å². The van der Waals surface area contributed by atoms with Crippen LogP contribution in [0.25, 0.3) is 15.7 Å². The zero-order chi connectivity index (χ0) is 21.3. The molecule has 0 fully saturated rings. The number of benzene rings is 1. The Morgan fingerprint density at radius 3 is 2.67 bits per heavy atom. The van der Waals surface area contributed by atoms with Gasteiger partial charge >= 0.3 is 0 Å². The van der Waals surface area contributed by atoms with Gasteiger partial charge in [0.2, 0.25) is 5.13 Å². The number of carbonyl (C=O) groups is 1. The van der Waals surface area contributed by atoms with E-state index < -0.39 is 5.60 Å². The number of nitrogens with one attached hydrogen (secondary N) is 1. The average molecular weight is 459 g/mol. The number of anilines is 1. The van der Waals surface area contributed by atoms with Gasteiger partial charge in [0.15, 0.2) is 5.60 Å². The third-order valence-corrected chi connectivity index (χ3v) is 6.21. The number of rotatable bonds is 6. The molecule has 3 heterocycles. The average Bonchev–Trinajstić information content (AvgIpc) is 3.43. The molecule has 0 aliphatic rings. The highest BCUT2D eigenvalue weighted by atomic mass is 35.5. The molecule has 30 heavy (non-hydrogen) atoms. The second kappa shape index (κ2) is 8.22. The van der Waals surface area contributed by atoms with Gasteiger partial charge in [-0.25, -0.2) is 4.98 Å². The summed E-state index contributed by atoms with van der Waals surface area (Å²) in [4.78, 5) is 18.7. The van der Waals surface area contributed by atoms with Crippen LogP contribution in [-0.2, 0) is 4.79 Å². The third kappa shape index (κ3) is 4.40. The van der Waals surface area contributed by atoms with Gasteiger partial charge in [0.1, 0.15) is 11.6 Å². The quantitative estimate of drug-likeness (QED) is 0.395. The second-order valence-electron chi connectivity index (χ2n) is 7.10. The minimum atomic E-state index is -1.11. The van der Waals surface area contributed by atoms with E-state index in [0.717, 1.165) is 16.3 Å². The molecule has 0 radical (unpaired) electrons. The highest BCUT2D eigenvalue weighted by Gasteiger charge is 2.31. The topological polar surface area (TPSA) is 69.0 Å². The fourth-order valence-electron chi connectivity index (χ4n) is 2.74. The fourth-order valence-corrected chi connectivity index (χ4v) is 4.42. The zero-order valence-corrected chi connectivity index (χ0v) is 18.9. The fraction of sp³-hybridized carbons (Fsp3) is 0.190. The minimum Gasteiger partial charge on any atom is -0.478 e. The van der Waals surface area contributed by atoms with Crippen LogP contribution >= 0.6 is 34.3 Å². The maximum absolute atomic E-state index is 13.0. The van der Waals surface area contributed by atoms with Gasteiger partial charge in [-0.3, -0.25) is 4.79 Å². The van der Waals surface area contributed by atoms with Crippen LogP contribution in [-0.4, -0.2) is 26.3 Å². The number of aromatic nitrogens is 3. The number of halogens is 1. The van der Waals surface area contributed by atoms with Gasteiger partial charge in [-0.05, 0) is 56.5 Å². The van der Waals surface area contributed by atoms with E-state index >= 15 is 0 Å². The first-order chi connectivity index (χ1) is 14.3. The van der Waals surface area contributed by atoms with Gasteiger partial charge < -0.3 is 10.1 Å². The zero-order valence-electron chi connectivity index (χ0n) is 16.5. The molecule has 0 saturated heterocycles. The molecular weight excluding hydrogens is 440 g/mol. The van der Waals surface area contributed by atoms with Crippen LogP contribution in [0.1, 0.15) is 19.5 Å². The van der Waals surface area contributed by atoms with Crippen LogP contribution in [0.3, 0.4) is 0 Å². The summed E-state index contributed by atoms with van der Waals surface area (Å²) in [5.41, 5.74) is 0.554. The van der Waals surface area contributed by atoms with Crippen molar-refractivity contribution < 1.29 is 9.53 Å². The lowest BCUT2D eigenvalue weighted by Crippen LogP contribution is -2.42. The first-order valence-electron chi connectivity index (χ1n) is 9.14. The van der Waals surface area contributed by atoms with Crippen molar-refractivity contribution in [1.29, 1.82) is 0 Å². The molecule has 9 heteroatoms. The van der Waals surface area contributed by atoms with Gasteiger partial charge in [0, 0.05) is 16.5 Å². The number of amides is 1. The van der Waals surface area contributed by atoms with Gasteiger partial charge in [-0.2, -0.15) is 9.78 Å². The van der Waals surface area contributed by atoms with Crippen molar-refractivity contribution in [2.75, 3.05) is 5.32 Å². The Bertz CT molecular complexity index is 1160. The molecule has 0 aliphatic heterocycles. The van der Waals surface area contributed by atoms with Crippen molar-refractivity contribution in [1.82, 2.24) is 14.8 Å². The first-order valence-corrected chi connectivity index (χ1v) is 11.3. The predicted molar refractivity (Wildman–Crippen MR) is 122 cm³/mol. The van der Waals surface area contributed by atoms with Crippen molar-refractivity contribution in [2.45, 2.75) is 26.4 Å². The maximum Gasteiger partial charge on any atom is 0.269 e. The van der Waals surface area contributed by atoms with E-state index in [1.807, 2.05) is 35.9 Å². The molecule has 1 N–H and O–H groups in total. The Kier molecular flexibility index (Phi) is 5.64. The molecule has 1 aromatic carbocycles. The summed E-state index contributed by atoms with van der Waals surface area (Å²) < 4.78 is 7.53. The van der Waals surface area contributed by atoms with Gasteiger partial charge in [-0.15, -0.1) is 22.7 Å². The van der Waals surface area contributed by atoms with E-state index in [1.54, 1.807) is 54.1 Å². The number of aryl methyl sites for hydroxylation is 1. The van der Waals surface area contributed by atoms with E-state index in [-0.39, 0.29) is 5.91 Å². The summed E-state index contributed by atoms with van der Waals surface area (Å²) in [6.07, 6.45) is 0. The molecule has 0 unspecified atom stereocenters. The monoisotopic (exact) mass is 458 g/mol. The molecule has 4 rings (SSSR count). The standard InChI is InChI=1S/C21H19ClN4O2S2/c1-13-11-18(24-19(27)21(2,3)28-15-8-6-14(22)7-9-15)26(25-13)20-23-16(12-30-20)17-5-4-10-29-17/h4-12H,1-3H3,(H,24,27). The SMILES string of the molecule is Cc1cc(NC(=O)C(C)(C)Oc2ccc(Cl)cc2)n(-c2nc(-c3cccs3)cs2)n1. The van der Waals surface area contributed by atoms with Crippen LogP contribution < -0.4 is 10.1 Å². The predicted octanol–water partition coefficient (Wildman–Crippen LogP) is 5.82. The van der Waals surface area contributed by atoms with E-state index in [2.05, 4.69) is 15.4 Å². The van der Waals surface area contributed by atoms with Crippen molar-refractivity contribution >= 4 is 46.0 Å². The van der Waals surface area contributed by atoms with Gasteiger partial charge in [-0.1, -0.05) is 17.7 Å². The Balaban J connectivity index is 1.55. The second-order valence-corrected chi connectivity index (χ2v) is 9.32. The lowest BCUT2D eigenvalue weighted by atomic mass is 10.1. The smallest absolute Gasteiger partial charge is 0.269 e. The van der Waals surface area contributed by atoms with Crippen molar-refractivity contribution in [3.8, 4) is 21.5 Å². The molecule has 0 bridgehead atoms. The van der Waals surface area contributed by atoms with Crippen molar-refractivity contribution in [3.63, 3.8) is 0 Å². The van der Waals surface area contributed by atoms with Gasteiger partial charge in [0.05, 0.1) is 16.3 Å². The number of hydrogen-bond donors (Lipinski definition) is 1. The van der Waals surface area contributed by atoms with E-state index in [9.17, 15) is 4.79 Å². The van der Waals surface area contributed by atoms with Crippen LogP contribution in [0.4, 0.5) is 5.82 Å². The number of thiophene rings is 1. The largest absolute Gasteiger partial charge is 0.478 e. The van der Waals surface area contributed by atoms with E-state index in [0.29, 0.717) is 21.7 Å². The normalized spacial score (nSPS) is 11.5. The molecule has 0 aliphatic carbocycles. The lowest BCUT2D eigenvalue weighted by Gasteiger charge is -2.25. The minimum absolute atomic E-state index is 0.298. The van der Waals surface area contributed by atoms with Crippen LogP contribution in [0, 0.1) is 6.92 Å². The maximum atomic E-state index is 13.0. The number of ether oxygens (including phenoxy) is 1. The number of thiazole rings is 1. The molecule has 1 amide bonds. The highest BCUT2D eigenvalue weighted by molar-refractivity contribution is 7.15. The first kappa shape index (κ1) is 20.6.